The molecule has 0 aromatic carbocycles. The molecule has 210 valence electrons. The summed E-state index contributed by atoms with van der Waals surface area (Å²) in [6.07, 6.45) is 7.06. The molecular formula is C28H37ClN6O4. The average molecular weight is 557 g/mol. The first kappa shape index (κ1) is 29.0. The number of aliphatic carboxylic acids is 1. The molecule has 0 spiro atoms. The Hall–Kier alpha value is -2.97. The second-order valence-electron chi connectivity index (χ2n) is 10.5. The fraction of sp³-hybridized carbons (Fsp3) is 0.571. The van der Waals surface area contributed by atoms with Gasteiger partial charge in [0.25, 0.3) is 0 Å². The molecule has 10 nitrogen and oxygen atoms in total. The van der Waals surface area contributed by atoms with Crippen molar-refractivity contribution < 1.29 is 19.4 Å². The summed E-state index contributed by atoms with van der Waals surface area (Å²) in [5, 5.41) is 29.4. The number of rotatable bonds is 12. The largest absolute Gasteiger partial charge is 0.480 e. The molecule has 0 amide bonds. The molecule has 1 saturated heterocycles. The van der Waals surface area contributed by atoms with Crippen LogP contribution < -0.4 is 16.0 Å². The Morgan fingerprint density at radius 2 is 2.00 bits per heavy atom. The summed E-state index contributed by atoms with van der Waals surface area (Å²) in [6, 6.07) is 10.9. The van der Waals surface area contributed by atoms with Crippen molar-refractivity contribution in [1.82, 2.24) is 15.3 Å². The Morgan fingerprint density at radius 1 is 1.26 bits per heavy atom. The monoisotopic (exact) mass is 556 g/mol. The lowest BCUT2D eigenvalue weighted by atomic mass is 9.82. The van der Waals surface area contributed by atoms with Gasteiger partial charge in [0.15, 0.2) is 0 Å². The van der Waals surface area contributed by atoms with Gasteiger partial charge in [-0.25, -0.2) is 14.8 Å². The predicted molar refractivity (Wildman–Crippen MR) is 150 cm³/mol. The smallest absolute Gasteiger partial charge is 0.329 e. The SMILES string of the molecule is C[C@H](COCC(=O)O)NC1CCC(Nc2cc(-c3cccc(NCC4(C#N)CCOCC4)n3)c(Cl)cn2)CC1. The molecule has 4 rings (SSSR count). The molecule has 2 aromatic heterocycles. The Kier molecular flexibility index (Phi) is 10.3. The maximum absolute atomic E-state index is 10.6. The molecule has 1 aliphatic carbocycles. The molecule has 3 heterocycles. The first-order chi connectivity index (χ1) is 18.9. The topological polar surface area (TPSA) is 141 Å². The van der Waals surface area contributed by atoms with Crippen molar-refractivity contribution in [3.63, 3.8) is 0 Å². The van der Waals surface area contributed by atoms with Crippen molar-refractivity contribution in [2.24, 2.45) is 5.41 Å². The van der Waals surface area contributed by atoms with E-state index in [4.69, 9.17) is 31.2 Å². The Labute approximate surface area is 234 Å². The lowest BCUT2D eigenvalue weighted by molar-refractivity contribution is -0.142. The average Bonchev–Trinajstić information content (AvgIpc) is 2.94. The van der Waals surface area contributed by atoms with Gasteiger partial charge in [-0.15, -0.1) is 0 Å². The number of hydrogen-bond acceptors (Lipinski definition) is 9. The van der Waals surface area contributed by atoms with E-state index in [1.807, 2.05) is 31.2 Å². The number of carboxylic acids is 1. The third-order valence-corrected chi connectivity index (χ3v) is 7.67. The van der Waals surface area contributed by atoms with Crippen molar-refractivity contribution in [2.45, 2.75) is 63.6 Å². The van der Waals surface area contributed by atoms with Crippen LogP contribution in [-0.2, 0) is 14.3 Å². The van der Waals surface area contributed by atoms with Gasteiger partial charge in [0.1, 0.15) is 18.2 Å². The van der Waals surface area contributed by atoms with Crippen LogP contribution in [0.3, 0.4) is 0 Å². The van der Waals surface area contributed by atoms with Gasteiger partial charge in [-0.2, -0.15) is 5.26 Å². The minimum atomic E-state index is -0.952. The molecular weight excluding hydrogens is 520 g/mol. The Morgan fingerprint density at radius 3 is 2.72 bits per heavy atom. The standard InChI is InChI=1S/C28H37ClN6O4/c1-19(15-39-16-27(36)37)33-20-5-7-21(8-6-20)34-26-13-22(23(29)14-31-26)24-3-2-4-25(35-24)32-18-28(17-30)9-11-38-12-10-28/h2-4,13-14,19-21,33H,5-12,15-16,18H2,1H3,(H,31,34)(H,32,35)(H,36,37)/t19-,20?,21?/m1/s1. The summed E-state index contributed by atoms with van der Waals surface area (Å²) in [6.45, 7) is 3.84. The maximum Gasteiger partial charge on any atom is 0.329 e. The molecule has 0 unspecified atom stereocenters. The zero-order valence-corrected chi connectivity index (χ0v) is 23.0. The van der Waals surface area contributed by atoms with Gasteiger partial charge in [0.2, 0.25) is 0 Å². The van der Waals surface area contributed by atoms with Gasteiger partial charge >= 0.3 is 5.97 Å². The van der Waals surface area contributed by atoms with Crippen molar-refractivity contribution in [2.75, 3.05) is 43.6 Å². The second-order valence-corrected chi connectivity index (χ2v) is 10.9. The van der Waals surface area contributed by atoms with Gasteiger partial charge in [-0.1, -0.05) is 17.7 Å². The fourth-order valence-corrected chi connectivity index (χ4v) is 5.33. The molecule has 4 N–H and O–H groups in total. The number of carboxylic acid groups (broad SMARTS) is 1. The number of aromatic nitrogens is 2. The van der Waals surface area contributed by atoms with Crippen LogP contribution in [0.25, 0.3) is 11.3 Å². The first-order valence-electron chi connectivity index (χ1n) is 13.5. The molecule has 1 atom stereocenters. The number of anilines is 2. The van der Waals surface area contributed by atoms with E-state index in [2.05, 4.69) is 27.0 Å². The third-order valence-electron chi connectivity index (χ3n) is 7.37. The van der Waals surface area contributed by atoms with E-state index < -0.39 is 11.4 Å². The van der Waals surface area contributed by atoms with Gasteiger partial charge in [0.05, 0.1) is 28.8 Å². The van der Waals surface area contributed by atoms with Crippen molar-refractivity contribution in [3.8, 4) is 17.3 Å². The molecule has 2 aliphatic rings. The predicted octanol–water partition coefficient (Wildman–Crippen LogP) is 4.33. The molecule has 1 aliphatic heterocycles. The van der Waals surface area contributed by atoms with E-state index >= 15 is 0 Å². The highest BCUT2D eigenvalue weighted by Gasteiger charge is 2.32. The summed E-state index contributed by atoms with van der Waals surface area (Å²) >= 11 is 6.53. The normalized spacial score (nSPS) is 21.5. The Balaban J connectivity index is 1.31. The zero-order chi connectivity index (χ0) is 27.7. The molecule has 0 bridgehead atoms. The highest BCUT2D eigenvalue weighted by atomic mass is 35.5. The number of pyridine rings is 2. The third kappa shape index (κ3) is 8.51. The van der Waals surface area contributed by atoms with Crippen LogP contribution in [-0.4, -0.2) is 72.1 Å². The lowest BCUT2D eigenvalue weighted by Crippen LogP contribution is -2.43. The van der Waals surface area contributed by atoms with Crippen LogP contribution in [0.15, 0.2) is 30.5 Å². The van der Waals surface area contributed by atoms with Crippen LogP contribution in [0.1, 0.15) is 45.4 Å². The summed E-state index contributed by atoms with van der Waals surface area (Å²) in [5.74, 6) is 0.503. The highest BCUT2D eigenvalue weighted by Crippen LogP contribution is 2.32. The van der Waals surface area contributed by atoms with Crippen LogP contribution >= 0.6 is 11.6 Å². The number of nitrogens with one attached hydrogen (secondary N) is 3. The van der Waals surface area contributed by atoms with Gasteiger partial charge in [-0.3, -0.25) is 0 Å². The van der Waals surface area contributed by atoms with Crippen molar-refractivity contribution in [1.29, 1.82) is 5.26 Å². The van der Waals surface area contributed by atoms with Crippen LogP contribution in [0.5, 0.6) is 0 Å². The number of nitriles is 1. The number of hydrogen-bond donors (Lipinski definition) is 4. The molecule has 2 aromatic rings. The van der Waals surface area contributed by atoms with Crippen molar-refractivity contribution in [3.05, 3.63) is 35.5 Å². The minimum Gasteiger partial charge on any atom is -0.480 e. The van der Waals surface area contributed by atoms with E-state index in [0.29, 0.717) is 62.1 Å². The minimum absolute atomic E-state index is 0.0965. The van der Waals surface area contributed by atoms with Crippen LogP contribution in [0, 0.1) is 16.7 Å². The lowest BCUT2D eigenvalue weighted by Gasteiger charge is -2.32. The second kappa shape index (κ2) is 13.9. The quantitative estimate of drug-likeness (QED) is 0.298. The summed E-state index contributed by atoms with van der Waals surface area (Å²) in [7, 11) is 0. The zero-order valence-electron chi connectivity index (χ0n) is 22.3. The molecule has 0 radical (unpaired) electrons. The van der Waals surface area contributed by atoms with Gasteiger partial charge in [-0.05, 0) is 63.6 Å². The van der Waals surface area contributed by atoms with E-state index in [-0.39, 0.29) is 12.6 Å². The number of nitrogens with zero attached hydrogens (tertiary/aromatic N) is 3. The van der Waals surface area contributed by atoms with Gasteiger partial charge in [0, 0.05) is 49.6 Å². The number of carbonyl (C=O) groups is 1. The summed E-state index contributed by atoms with van der Waals surface area (Å²) in [5.41, 5.74) is 1.09. The van der Waals surface area contributed by atoms with Crippen LogP contribution in [0.4, 0.5) is 11.6 Å². The van der Waals surface area contributed by atoms with E-state index in [0.717, 1.165) is 42.8 Å². The fourth-order valence-electron chi connectivity index (χ4n) is 5.13. The maximum atomic E-state index is 10.6. The van der Waals surface area contributed by atoms with Gasteiger partial charge < -0.3 is 30.5 Å². The van der Waals surface area contributed by atoms with E-state index in [1.54, 1.807) is 6.20 Å². The van der Waals surface area contributed by atoms with E-state index in [1.165, 1.54) is 0 Å². The van der Waals surface area contributed by atoms with Crippen molar-refractivity contribution >= 4 is 29.2 Å². The molecule has 1 saturated carbocycles. The molecule has 11 heteroatoms. The Bertz CT molecular complexity index is 1150. The molecule has 39 heavy (non-hydrogen) atoms. The summed E-state index contributed by atoms with van der Waals surface area (Å²) in [4.78, 5) is 19.9. The molecule has 2 fully saturated rings. The number of halogens is 1. The summed E-state index contributed by atoms with van der Waals surface area (Å²) < 4.78 is 10.6. The number of ether oxygens (including phenoxy) is 2. The van der Waals surface area contributed by atoms with E-state index in [9.17, 15) is 10.1 Å². The highest BCUT2D eigenvalue weighted by molar-refractivity contribution is 6.33. The van der Waals surface area contributed by atoms with Crippen LogP contribution in [0.2, 0.25) is 5.02 Å². The first-order valence-corrected chi connectivity index (χ1v) is 13.9.